The highest BCUT2D eigenvalue weighted by atomic mass is 16.5. The second-order valence-electron chi connectivity index (χ2n) is 5.56. The van der Waals surface area contributed by atoms with E-state index in [1.807, 2.05) is 60.8 Å². The number of carbonyl (C=O) groups is 1. The number of nitrogens with zero attached hydrogens (tertiary/aromatic N) is 2. The van der Waals surface area contributed by atoms with E-state index in [0.29, 0.717) is 5.89 Å². The van der Waals surface area contributed by atoms with Gasteiger partial charge in [-0.15, -0.1) is 10.2 Å². The van der Waals surface area contributed by atoms with Crippen LogP contribution in [0.25, 0.3) is 22.4 Å². The number of rotatable bonds is 5. The third-order valence-electron chi connectivity index (χ3n) is 3.85. The molecule has 4 aromatic rings. The van der Waals surface area contributed by atoms with Crippen LogP contribution in [0.2, 0.25) is 0 Å². The molecule has 2 aromatic heterocycles. The summed E-state index contributed by atoms with van der Waals surface area (Å²) in [5.41, 5.74) is 2.72. The van der Waals surface area contributed by atoms with Crippen LogP contribution in [0.1, 0.15) is 11.5 Å². The fraction of sp³-hybridized carbons (Fsp3) is 0.105. The van der Waals surface area contributed by atoms with E-state index in [4.69, 9.17) is 9.15 Å². The Hall–Kier alpha value is -3.41. The summed E-state index contributed by atoms with van der Waals surface area (Å²) in [4.78, 5) is 15.2. The maximum atomic E-state index is 12.1. The second-order valence-corrected chi connectivity index (χ2v) is 5.56. The fourth-order valence-electron chi connectivity index (χ4n) is 2.64. The van der Waals surface area contributed by atoms with Gasteiger partial charge in [-0.05, 0) is 23.8 Å². The molecule has 0 amide bonds. The number of para-hydroxylation sites is 1. The van der Waals surface area contributed by atoms with Crippen LogP contribution in [0.3, 0.4) is 0 Å². The van der Waals surface area contributed by atoms with Gasteiger partial charge >= 0.3 is 5.97 Å². The summed E-state index contributed by atoms with van der Waals surface area (Å²) >= 11 is 0. The number of benzene rings is 2. The Labute approximate surface area is 143 Å². The lowest BCUT2D eigenvalue weighted by atomic mass is 10.1. The average Bonchev–Trinajstić information content (AvgIpc) is 3.28. The van der Waals surface area contributed by atoms with Crippen LogP contribution in [0.15, 0.2) is 65.2 Å². The predicted octanol–water partition coefficient (Wildman–Crippen LogP) is 3.50. The van der Waals surface area contributed by atoms with Gasteiger partial charge in [-0.25, -0.2) is 0 Å². The molecule has 6 heteroatoms. The van der Waals surface area contributed by atoms with E-state index in [1.54, 1.807) is 0 Å². The lowest BCUT2D eigenvalue weighted by molar-refractivity contribution is -0.144. The van der Waals surface area contributed by atoms with E-state index >= 15 is 0 Å². The zero-order valence-electron chi connectivity index (χ0n) is 13.3. The zero-order chi connectivity index (χ0) is 17.1. The van der Waals surface area contributed by atoms with Crippen LogP contribution in [-0.2, 0) is 22.6 Å². The molecule has 0 aliphatic carbocycles. The van der Waals surface area contributed by atoms with E-state index in [1.165, 1.54) is 0 Å². The van der Waals surface area contributed by atoms with Crippen LogP contribution in [-0.4, -0.2) is 21.2 Å². The Kier molecular flexibility index (Phi) is 4.00. The molecule has 4 rings (SSSR count). The minimum absolute atomic E-state index is 0.0407. The summed E-state index contributed by atoms with van der Waals surface area (Å²) in [5, 5.41) is 8.90. The minimum Gasteiger partial charge on any atom is -0.455 e. The molecule has 0 saturated heterocycles. The Bertz CT molecular complexity index is 1000. The molecule has 0 aliphatic rings. The first-order valence-electron chi connectivity index (χ1n) is 7.88. The molecule has 6 nitrogen and oxygen atoms in total. The van der Waals surface area contributed by atoms with Crippen LogP contribution >= 0.6 is 0 Å². The number of aromatic nitrogens is 3. The van der Waals surface area contributed by atoms with Gasteiger partial charge in [0.1, 0.15) is 0 Å². The number of fused-ring (bicyclic) bond motifs is 1. The summed E-state index contributed by atoms with van der Waals surface area (Å²) in [6, 6.07) is 17.3. The summed E-state index contributed by atoms with van der Waals surface area (Å²) < 4.78 is 10.8. The molecule has 0 aliphatic heterocycles. The number of aromatic amines is 1. The summed E-state index contributed by atoms with van der Waals surface area (Å²) in [6.07, 6.45) is 2.01. The number of esters is 1. The molecule has 2 heterocycles. The Balaban J connectivity index is 1.38. The maximum Gasteiger partial charge on any atom is 0.310 e. The fourth-order valence-corrected chi connectivity index (χ4v) is 2.64. The van der Waals surface area contributed by atoms with Gasteiger partial charge in [0.2, 0.25) is 5.89 Å². The van der Waals surface area contributed by atoms with Crippen molar-refractivity contribution in [2.45, 2.75) is 13.0 Å². The van der Waals surface area contributed by atoms with Crippen molar-refractivity contribution in [3.63, 3.8) is 0 Å². The number of H-pyrrole nitrogens is 1. The van der Waals surface area contributed by atoms with Gasteiger partial charge in [-0.1, -0.05) is 36.4 Å². The predicted molar refractivity (Wildman–Crippen MR) is 91.5 cm³/mol. The Morgan fingerprint density at radius 1 is 1.04 bits per heavy atom. The molecule has 1 N–H and O–H groups in total. The van der Waals surface area contributed by atoms with Gasteiger partial charge in [-0.3, -0.25) is 4.79 Å². The molecule has 0 saturated carbocycles. The SMILES string of the molecule is O=C(Cc1c[nH]c2ccccc12)OCc1nnc(-c2ccccc2)o1. The number of carbonyl (C=O) groups excluding carboxylic acids is 1. The van der Waals surface area contributed by atoms with Crippen molar-refractivity contribution in [2.24, 2.45) is 0 Å². The number of nitrogens with one attached hydrogen (secondary N) is 1. The average molecular weight is 333 g/mol. The zero-order valence-corrected chi connectivity index (χ0v) is 13.3. The van der Waals surface area contributed by atoms with E-state index in [-0.39, 0.29) is 24.9 Å². The lowest BCUT2D eigenvalue weighted by Gasteiger charge is -2.01. The topological polar surface area (TPSA) is 81.0 Å². The standard InChI is InChI=1S/C19H15N3O3/c23-18(10-14-11-20-16-9-5-4-8-15(14)16)24-12-17-21-22-19(25-17)13-6-2-1-3-7-13/h1-9,11,20H,10,12H2. The number of ether oxygens (including phenoxy) is 1. The van der Waals surface area contributed by atoms with Gasteiger partial charge in [0.15, 0.2) is 6.61 Å². The Morgan fingerprint density at radius 2 is 1.84 bits per heavy atom. The van der Waals surface area contributed by atoms with Crippen molar-refractivity contribution in [1.82, 2.24) is 15.2 Å². The first kappa shape index (κ1) is 15.1. The van der Waals surface area contributed by atoms with Gasteiger partial charge in [-0.2, -0.15) is 0 Å². The van der Waals surface area contributed by atoms with E-state index in [2.05, 4.69) is 15.2 Å². The van der Waals surface area contributed by atoms with Gasteiger partial charge in [0.05, 0.1) is 6.42 Å². The molecule has 124 valence electrons. The number of hydrogen-bond donors (Lipinski definition) is 1. The van der Waals surface area contributed by atoms with E-state index in [0.717, 1.165) is 22.0 Å². The first-order chi connectivity index (χ1) is 12.3. The maximum absolute atomic E-state index is 12.1. The van der Waals surface area contributed by atoms with E-state index in [9.17, 15) is 4.79 Å². The monoisotopic (exact) mass is 333 g/mol. The van der Waals surface area contributed by atoms with Crippen molar-refractivity contribution in [3.05, 3.63) is 72.2 Å². The van der Waals surface area contributed by atoms with Gasteiger partial charge < -0.3 is 14.1 Å². The summed E-state index contributed by atoms with van der Waals surface area (Å²) in [6.45, 7) is -0.0407. The van der Waals surface area contributed by atoms with Crippen molar-refractivity contribution < 1.29 is 13.9 Å². The molecule has 0 atom stereocenters. The van der Waals surface area contributed by atoms with Crippen molar-refractivity contribution in [2.75, 3.05) is 0 Å². The minimum atomic E-state index is -0.343. The van der Waals surface area contributed by atoms with E-state index < -0.39 is 0 Å². The van der Waals surface area contributed by atoms with Crippen LogP contribution in [0.5, 0.6) is 0 Å². The summed E-state index contributed by atoms with van der Waals surface area (Å²) in [7, 11) is 0. The number of hydrogen-bond acceptors (Lipinski definition) is 5. The normalized spacial score (nSPS) is 10.9. The molecule has 0 fully saturated rings. The summed E-state index contributed by atoms with van der Waals surface area (Å²) in [5.74, 6) is 0.332. The van der Waals surface area contributed by atoms with Gasteiger partial charge in [0.25, 0.3) is 5.89 Å². The smallest absolute Gasteiger partial charge is 0.310 e. The molecule has 0 unspecified atom stereocenters. The molecule has 0 bridgehead atoms. The van der Waals surface area contributed by atoms with Crippen molar-refractivity contribution in [1.29, 1.82) is 0 Å². The molecule has 25 heavy (non-hydrogen) atoms. The highest BCUT2D eigenvalue weighted by molar-refractivity contribution is 5.87. The first-order valence-corrected chi connectivity index (χ1v) is 7.88. The molecular weight excluding hydrogens is 318 g/mol. The molecule has 0 radical (unpaired) electrons. The highest BCUT2D eigenvalue weighted by Crippen LogP contribution is 2.19. The second kappa shape index (κ2) is 6.60. The molecular formula is C19H15N3O3. The third-order valence-corrected chi connectivity index (χ3v) is 3.85. The van der Waals surface area contributed by atoms with Crippen molar-refractivity contribution in [3.8, 4) is 11.5 Å². The third kappa shape index (κ3) is 3.28. The largest absolute Gasteiger partial charge is 0.455 e. The van der Waals surface area contributed by atoms with Crippen molar-refractivity contribution >= 4 is 16.9 Å². The molecule has 0 spiro atoms. The highest BCUT2D eigenvalue weighted by Gasteiger charge is 2.13. The quantitative estimate of drug-likeness (QED) is 0.565. The van der Waals surface area contributed by atoms with Crippen LogP contribution in [0, 0.1) is 0 Å². The molecule has 2 aromatic carbocycles. The van der Waals surface area contributed by atoms with Crippen LogP contribution in [0.4, 0.5) is 0 Å². The van der Waals surface area contributed by atoms with Gasteiger partial charge in [0, 0.05) is 22.7 Å². The Morgan fingerprint density at radius 3 is 2.72 bits per heavy atom. The van der Waals surface area contributed by atoms with Crippen LogP contribution < -0.4 is 0 Å². The lowest BCUT2D eigenvalue weighted by Crippen LogP contribution is -2.07.